The van der Waals surface area contributed by atoms with E-state index in [4.69, 9.17) is 16.3 Å². The van der Waals surface area contributed by atoms with E-state index in [0.717, 1.165) is 0 Å². The van der Waals surface area contributed by atoms with Gasteiger partial charge in [0.05, 0.1) is 12.7 Å². The summed E-state index contributed by atoms with van der Waals surface area (Å²) in [6.45, 7) is 0.992. The van der Waals surface area contributed by atoms with Gasteiger partial charge in [0.1, 0.15) is 5.82 Å². The van der Waals surface area contributed by atoms with Crippen LogP contribution in [0.1, 0.15) is 10.4 Å². The molecule has 0 aliphatic carbocycles. The van der Waals surface area contributed by atoms with E-state index in [1.54, 1.807) is 52.4 Å². The SMILES string of the molecule is COC(=O)c1cccc(N2CCN(c3cc(Cl)ccn3)C2=O)c1. The van der Waals surface area contributed by atoms with E-state index in [1.165, 1.54) is 7.11 Å². The van der Waals surface area contributed by atoms with Gasteiger partial charge in [0, 0.05) is 30.0 Å². The molecular formula is C16H14ClN3O3. The predicted octanol–water partition coefficient (Wildman–Crippen LogP) is 2.97. The van der Waals surface area contributed by atoms with Crippen LogP contribution in [-0.2, 0) is 4.74 Å². The molecule has 2 heterocycles. The Balaban J connectivity index is 1.86. The van der Waals surface area contributed by atoms with Crippen LogP contribution in [-0.4, -0.2) is 37.2 Å². The van der Waals surface area contributed by atoms with Crippen LogP contribution in [0.3, 0.4) is 0 Å². The molecule has 0 N–H and O–H groups in total. The molecule has 0 unspecified atom stereocenters. The first kappa shape index (κ1) is 15.3. The Hall–Kier alpha value is -2.60. The highest BCUT2D eigenvalue weighted by Crippen LogP contribution is 2.26. The number of nitrogens with zero attached hydrogens (tertiary/aromatic N) is 3. The molecule has 7 heteroatoms. The van der Waals surface area contributed by atoms with Gasteiger partial charge in [-0.2, -0.15) is 0 Å². The second kappa shape index (κ2) is 6.26. The Morgan fingerprint density at radius 3 is 2.74 bits per heavy atom. The number of rotatable bonds is 3. The first-order valence-electron chi connectivity index (χ1n) is 6.99. The number of anilines is 2. The maximum atomic E-state index is 12.6. The number of aromatic nitrogens is 1. The zero-order valence-electron chi connectivity index (χ0n) is 12.4. The largest absolute Gasteiger partial charge is 0.465 e. The van der Waals surface area contributed by atoms with Gasteiger partial charge in [0.2, 0.25) is 0 Å². The smallest absolute Gasteiger partial charge is 0.337 e. The number of benzene rings is 1. The number of halogens is 1. The minimum atomic E-state index is -0.438. The second-order valence-electron chi connectivity index (χ2n) is 4.96. The molecular weight excluding hydrogens is 318 g/mol. The van der Waals surface area contributed by atoms with Gasteiger partial charge in [-0.3, -0.25) is 9.80 Å². The quantitative estimate of drug-likeness (QED) is 0.811. The third-order valence-electron chi connectivity index (χ3n) is 3.57. The van der Waals surface area contributed by atoms with Crippen molar-refractivity contribution in [1.29, 1.82) is 0 Å². The van der Waals surface area contributed by atoms with Crippen LogP contribution in [0.25, 0.3) is 0 Å². The molecule has 0 bridgehead atoms. The molecule has 23 heavy (non-hydrogen) atoms. The van der Waals surface area contributed by atoms with E-state index in [9.17, 15) is 9.59 Å². The maximum absolute atomic E-state index is 12.6. The molecule has 3 rings (SSSR count). The molecule has 1 aliphatic heterocycles. The fraction of sp³-hybridized carbons (Fsp3) is 0.188. The van der Waals surface area contributed by atoms with Gasteiger partial charge in [-0.05, 0) is 30.3 Å². The fourth-order valence-electron chi connectivity index (χ4n) is 2.45. The van der Waals surface area contributed by atoms with E-state index >= 15 is 0 Å². The van der Waals surface area contributed by atoms with Crippen molar-refractivity contribution in [3.05, 3.63) is 53.2 Å². The van der Waals surface area contributed by atoms with Crippen molar-refractivity contribution < 1.29 is 14.3 Å². The van der Waals surface area contributed by atoms with Crippen molar-refractivity contribution in [3.8, 4) is 0 Å². The van der Waals surface area contributed by atoms with Gasteiger partial charge in [-0.15, -0.1) is 0 Å². The summed E-state index contributed by atoms with van der Waals surface area (Å²) in [6.07, 6.45) is 1.56. The zero-order valence-corrected chi connectivity index (χ0v) is 13.2. The summed E-state index contributed by atoms with van der Waals surface area (Å²) in [7, 11) is 1.32. The van der Waals surface area contributed by atoms with E-state index < -0.39 is 5.97 Å². The van der Waals surface area contributed by atoms with E-state index in [0.29, 0.717) is 35.2 Å². The lowest BCUT2D eigenvalue weighted by Gasteiger charge is -2.18. The highest BCUT2D eigenvalue weighted by Gasteiger charge is 2.31. The lowest BCUT2D eigenvalue weighted by atomic mass is 10.2. The normalized spacial score (nSPS) is 14.3. The van der Waals surface area contributed by atoms with Crippen LogP contribution in [0, 0.1) is 0 Å². The number of ether oxygens (including phenoxy) is 1. The number of hydrogen-bond donors (Lipinski definition) is 0. The summed E-state index contributed by atoms with van der Waals surface area (Å²) >= 11 is 5.95. The first-order valence-corrected chi connectivity index (χ1v) is 7.37. The van der Waals surface area contributed by atoms with E-state index in [2.05, 4.69) is 4.98 Å². The fourth-order valence-corrected chi connectivity index (χ4v) is 2.60. The monoisotopic (exact) mass is 331 g/mol. The van der Waals surface area contributed by atoms with Crippen LogP contribution in [0.5, 0.6) is 0 Å². The number of esters is 1. The third-order valence-corrected chi connectivity index (χ3v) is 3.81. The average Bonchev–Trinajstić information content (AvgIpc) is 2.96. The number of methoxy groups -OCH3 is 1. The lowest BCUT2D eigenvalue weighted by Crippen LogP contribution is -2.32. The van der Waals surface area contributed by atoms with E-state index in [1.807, 2.05) is 0 Å². The second-order valence-corrected chi connectivity index (χ2v) is 5.40. The molecule has 0 atom stereocenters. The summed E-state index contributed by atoms with van der Waals surface area (Å²) in [4.78, 5) is 31.6. The van der Waals surface area contributed by atoms with Crippen molar-refractivity contribution in [2.24, 2.45) is 0 Å². The predicted molar refractivity (Wildman–Crippen MR) is 87.1 cm³/mol. The molecule has 2 amide bonds. The summed E-state index contributed by atoms with van der Waals surface area (Å²) in [5.74, 6) is 0.0704. The Labute approximate surface area is 138 Å². The Morgan fingerprint density at radius 2 is 2.00 bits per heavy atom. The summed E-state index contributed by atoms with van der Waals surface area (Å²) < 4.78 is 4.71. The zero-order chi connectivity index (χ0) is 16.4. The number of urea groups is 1. The average molecular weight is 332 g/mol. The summed E-state index contributed by atoms with van der Waals surface area (Å²) in [6, 6.07) is 9.87. The van der Waals surface area contributed by atoms with Crippen molar-refractivity contribution in [2.45, 2.75) is 0 Å². The molecule has 0 radical (unpaired) electrons. The maximum Gasteiger partial charge on any atom is 0.337 e. The van der Waals surface area contributed by atoms with E-state index in [-0.39, 0.29) is 6.03 Å². The molecule has 118 valence electrons. The molecule has 1 aromatic carbocycles. The van der Waals surface area contributed by atoms with Gasteiger partial charge < -0.3 is 4.74 Å². The third kappa shape index (κ3) is 2.98. The molecule has 1 aliphatic rings. The lowest BCUT2D eigenvalue weighted by molar-refractivity contribution is 0.0600. The highest BCUT2D eigenvalue weighted by molar-refractivity contribution is 6.30. The summed E-state index contributed by atoms with van der Waals surface area (Å²) in [5, 5.41) is 0.522. The molecule has 0 saturated carbocycles. The molecule has 2 aromatic rings. The highest BCUT2D eigenvalue weighted by atomic mass is 35.5. The van der Waals surface area contributed by atoms with Crippen LogP contribution in [0.2, 0.25) is 5.02 Å². The van der Waals surface area contributed by atoms with Gasteiger partial charge >= 0.3 is 12.0 Å². The number of hydrogen-bond acceptors (Lipinski definition) is 4. The molecule has 1 aromatic heterocycles. The standard InChI is InChI=1S/C16H14ClN3O3/c1-23-15(21)11-3-2-4-13(9-11)19-7-8-20(16(19)22)14-10-12(17)5-6-18-14/h2-6,9-10H,7-8H2,1H3. The summed E-state index contributed by atoms with van der Waals surface area (Å²) in [5.41, 5.74) is 1.04. The number of pyridine rings is 1. The Bertz CT molecular complexity index is 766. The van der Waals surface area contributed by atoms with Gasteiger partial charge in [-0.1, -0.05) is 17.7 Å². The Morgan fingerprint density at radius 1 is 1.22 bits per heavy atom. The van der Waals surface area contributed by atoms with Gasteiger partial charge in [0.15, 0.2) is 0 Å². The Kier molecular flexibility index (Phi) is 4.16. The van der Waals surface area contributed by atoms with Crippen LogP contribution >= 0.6 is 11.6 Å². The molecule has 1 fully saturated rings. The van der Waals surface area contributed by atoms with Gasteiger partial charge in [-0.25, -0.2) is 14.6 Å². The minimum absolute atomic E-state index is 0.207. The van der Waals surface area contributed by atoms with Crippen molar-refractivity contribution in [3.63, 3.8) is 0 Å². The molecule has 1 saturated heterocycles. The van der Waals surface area contributed by atoms with Crippen molar-refractivity contribution >= 4 is 35.1 Å². The molecule has 6 nitrogen and oxygen atoms in total. The van der Waals surface area contributed by atoms with Crippen molar-refractivity contribution in [1.82, 2.24) is 4.98 Å². The van der Waals surface area contributed by atoms with Gasteiger partial charge in [0.25, 0.3) is 0 Å². The molecule has 0 spiro atoms. The van der Waals surface area contributed by atoms with Crippen molar-refractivity contribution in [2.75, 3.05) is 30.0 Å². The number of carbonyl (C=O) groups is 2. The van der Waals surface area contributed by atoms with Crippen LogP contribution in [0.15, 0.2) is 42.6 Å². The van der Waals surface area contributed by atoms with Crippen LogP contribution < -0.4 is 9.80 Å². The minimum Gasteiger partial charge on any atom is -0.465 e. The number of amides is 2. The van der Waals surface area contributed by atoms with Crippen LogP contribution in [0.4, 0.5) is 16.3 Å². The first-order chi connectivity index (χ1) is 11.1. The topological polar surface area (TPSA) is 62.7 Å². The number of carbonyl (C=O) groups excluding carboxylic acids is 2.